The first-order valence-electron chi connectivity index (χ1n) is 10.1. The van der Waals surface area contributed by atoms with Crippen molar-refractivity contribution in [2.75, 3.05) is 22.5 Å². The van der Waals surface area contributed by atoms with Gasteiger partial charge in [-0.1, -0.05) is 71.1 Å². The van der Waals surface area contributed by atoms with Gasteiger partial charge in [0.15, 0.2) is 4.34 Å². The van der Waals surface area contributed by atoms with Crippen molar-refractivity contribution < 1.29 is 14.4 Å². The molecule has 0 aliphatic carbocycles. The molecular weight excluding hydrogens is 444 g/mol. The Hall–Kier alpha value is -3.17. The summed E-state index contributed by atoms with van der Waals surface area (Å²) in [4.78, 5) is 43.0. The lowest BCUT2D eigenvalue weighted by Gasteiger charge is -2.17. The molecule has 1 fully saturated rings. The molecule has 2 aromatic carbocycles. The Labute approximate surface area is 194 Å². The molecule has 3 N–H and O–H groups in total. The minimum absolute atomic E-state index is 0.0701. The van der Waals surface area contributed by atoms with E-state index in [2.05, 4.69) is 10.3 Å². The van der Waals surface area contributed by atoms with Crippen LogP contribution in [-0.2, 0) is 14.4 Å². The van der Waals surface area contributed by atoms with Gasteiger partial charge in [-0.3, -0.25) is 14.4 Å². The number of thiazole rings is 1. The van der Waals surface area contributed by atoms with Gasteiger partial charge in [0.1, 0.15) is 10.7 Å². The van der Waals surface area contributed by atoms with Crippen molar-refractivity contribution in [2.24, 2.45) is 11.7 Å². The minimum Gasteiger partial charge on any atom is -0.369 e. The number of nitrogens with one attached hydrogen (secondary N) is 1. The van der Waals surface area contributed by atoms with Gasteiger partial charge in [-0.15, -0.1) is 0 Å². The van der Waals surface area contributed by atoms with Crippen molar-refractivity contribution in [3.05, 3.63) is 60.2 Å². The highest BCUT2D eigenvalue weighted by atomic mass is 32.2. The Morgan fingerprint density at radius 3 is 2.59 bits per heavy atom. The summed E-state index contributed by atoms with van der Waals surface area (Å²) in [6.07, 6.45) is 0.155. The second-order valence-electron chi connectivity index (χ2n) is 7.51. The van der Waals surface area contributed by atoms with Crippen molar-refractivity contribution in [3.63, 3.8) is 0 Å². The zero-order chi connectivity index (χ0) is 22.7. The fourth-order valence-corrected chi connectivity index (χ4v) is 5.25. The van der Waals surface area contributed by atoms with Gasteiger partial charge in [0.2, 0.25) is 17.7 Å². The first-order valence-corrected chi connectivity index (χ1v) is 11.9. The van der Waals surface area contributed by atoms with Crippen LogP contribution >= 0.6 is 23.1 Å². The van der Waals surface area contributed by atoms with Crippen LogP contribution in [-0.4, -0.2) is 35.0 Å². The molecule has 32 heavy (non-hydrogen) atoms. The van der Waals surface area contributed by atoms with Crippen LogP contribution in [0.3, 0.4) is 0 Å². The van der Waals surface area contributed by atoms with Crippen molar-refractivity contribution in [1.29, 1.82) is 0 Å². The lowest BCUT2D eigenvalue weighted by molar-refractivity contribution is -0.122. The van der Waals surface area contributed by atoms with E-state index in [1.807, 2.05) is 61.5 Å². The average molecular weight is 467 g/mol. The number of anilines is 2. The monoisotopic (exact) mass is 466 g/mol. The Balaban J connectivity index is 1.52. The molecule has 1 atom stereocenters. The molecule has 1 aliphatic heterocycles. The molecule has 9 heteroatoms. The Kier molecular flexibility index (Phi) is 6.57. The highest BCUT2D eigenvalue weighted by Crippen LogP contribution is 2.38. The van der Waals surface area contributed by atoms with E-state index in [1.54, 1.807) is 4.90 Å². The van der Waals surface area contributed by atoms with E-state index >= 15 is 0 Å². The molecule has 3 aromatic rings. The Morgan fingerprint density at radius 2 is 1.91 bits per heavy atom. The van der Waals surface area contributed by atoms with Gasteiger partial charge in [-0.05, 0) is 19.1 Å². The van der Waals surface area contributed by atoms with Crippen molar-refractivity contribution >= 4 is 51.5 Å². The van der Waals surface area contributed by atoms with Crippen molar-refractivity contribution in [3.8, 4) is 11.3 Å². The third kappa shape index (κ3) is 5.00. The van der Waals surface area contributed by atoms with E-state index < -0.39 is 11.8 Å². The van der Waals surface area contributed by atoms with Gasteiger partial charge in [0, 0.05) is 24.2 Å². The number of carbonyl (C=O) groups excluding carboxylic acids is 3. The number of aromatic nitrogens is 1. The molecule has 0 bridgehead atoms. The molecule has 4 rings (SSSR count). The van der Waals surface area contributed by atoms with Crippen LogP contribution in [0.25, 0.3) is 11.3 Å². The summed E-state index contributed by atoms with van der Waals surface area (Å²) in [7, 11) is 0. The summed E-state index contributed by atoms with van der Waals surface area (Å²) >= 11 is 2.53. The Morgan fingerprint density at radius 1 is 1.19 bits per heavy atom. The van der Waals surface area contributed by atoms with Gasteiger partial charge in [-0.2, -0.15) is 0 Å². The highest BCUT2D eigenvalue weighted by Gasteiger charge is 2.35. The first kappa shape index (κ1) is 22.0. The van der Waals surface area contributed by atoms with E-state index in [1.165, 1.54) is 23.1 Å². The maximum absolute atomic E-state index is 13.1. The number of rotatable bonds is 7. The molecule has 1 unspecified atom stereocenters. The smallest absolute Gasteiger partial charge is 0.230 e. The van der Waals surface area contributed by atoms with E-state index in [-0.39, 0.29) is 24.0 Å². The molecule has 1 aromatic heterocycles. The van der Waals surface area contributed by atoms with Crippen LogP contribution < -0.4 is 16.0 Å². The molecule has 1 aliphatic rings. The second kappa shape index (κ2) is 9.54. The fourth-order valence-electron chi connectivity index (χ4n) is 3.44. The molecule has 0 saturated carbocycles. The number of primary amides is 1. The Bertz CT molecular complexity index is 1150. The molecule has 164 valence electrons. The van der Waals surface area contributed by atoms with Gasteiger partial charge >= 0.3 is 0 Å². The SMILES string of the molecule is Cc1ccc(N2CC(C(=O)Nc3sc(SCC(N)=O)nc3-c3ccccc3)CC2=O)cc1. The van der Waals surface area contributed by atoms with Gasteiger partial charge in [0.05, 0.1) is 11.7 Å². The number of aryl methyl sites for hydroxylation is 1. The standard InChI is InChI=1S/C23H22N4O3S2/c1-14-7-9-17(10-8-14)27-12-16(11-19(27)29)21(30)26-22-20(15-5-3-2-4-6-15)25-23(32-22)31-13-18(24)28/h2-10,16H,11-13H2,1H3,(H2,24,28)(H,26,30). The average Bonchev–Trinajstić information content (AvgIpc) is 3.37. The van der Waals surface area contributed by atoms with Crippen molar-refractivity contribution in [1.82, 2.24) is 4.98 Å². The lowest BCUT2D eigenvalue weighted by atomic mass is 10.1. The molecule has 0 spiro atoms. The van der Waals surface area contributed by atoms with Crippen LogP contribution in [0.1, 0.15) is 12.0 Å². The number of amides is 3. The van der Waals surface area contributed by atoms with Crippen LogP contribution in [0, 0.1) is 12.8 Å². The maximum Gasteiger partial charge on any atom is 0.230 e. The molecule has 1 saturated heterocycles. The molecule has 0 radical (unpaired) electrons. The van der Waals surface area contributed by atoms with E-state index in [9.17, 15) is 14.4 Å². The van der Waals surface area contributed by atoms with E-state index in [0.717, 1.165) is 16.8 Å². The van der Waals surface area contributed by atoms with Gasteiger partial charge < -0.3 is 16.0 Å². The number of thioether (sulfide) groups is 1. The van der Waals surface area contributed by atoms with Crippen LogP contribution in [0.5, 0.6) is 0 Å². The zero-order valence-electron chi connectivity index (χ0n) is 17.4. The number of hydrogen-bond acceptors (Lipinski definition) is 6. The molecule has 3 amide bonds. The van der Waals surface area contributed by atoms with Crippen molar-refractivity contribution in [2.45, 2.75) is 17.7 Å². The van der Waals surface area contributed by atoms with Gasteiger partial charge in [0.25, 0.3) is 0 Å². The quantitative estimate of drug-likeness (QED) is 0.517. The minimum atomic E-state index is -0.462. The normalized spacial score (nSPS) is 15.7. The number of benzene rings is 2. The second-order valence-corrected chi connectivity index (χ2v) is 9.73. The van der Waals surface area contributed by atoms with Gasteiger partial charge in [-0.25, -0.2) is 4.98 Å². The summed E-state index contributed by atoms with van der Waals surface area (Å²) < 4.78 is 0.640. The first-order chi connectivity index (χ1) is 15.4. The molecule has 2 heterocycles. The summed E-state index contributed by atoms with van der Waals surface area (Å²) in [5, 5.41) is 3.56. The van der Waals surface area contributed by atoms with Crippen LogP contribution in [0.15, 0.2) is 58.9 Å². The predicted molar refractivity (Wildman–Crippen MR) is 128 cm³/mol. The number of carbonyl (C=O) groups is 3. The summed E-state index contributed by atoms with van der Waals surface area (Å²) in [6, 6.07) is 17.2. The van der Waals surface area contributed by atoms with Crippen LogP contribution in [0.4, 0.5) is 10.7 Å². The van der Waals surface area contributed by atoms with E-state index in [0.29, 0.717) is 21.6 Å². The molecule has 7 nitrogen and oxygen atoms in total. The maximum atomic E-state index is 13.1. The largest absolute Gasteiger partial charge is 0.369 e. The lowest BCUT2D eigenvalue weighted by Crippen LogP contribution is -2.28. The number of hydrogen-bond donors (Lipinski definition) is 2. The number of nitrogens with two attached hydrogens (primary N) is 1. The predicted octanol–water partition coefficient (Wildman–Crippen LogP) is 3.69. The van der Waals surface area contributed by atoms with Crippen LogP contribution in [0.2, 0.25) is 0 Å². The topological polar surface area (TPSA) is 105 Å². The zero-order valence-corrected chi connectivity index (χ0v) is 19.0. The fraction of sp³-hybridized carbons (Fsp3) is 0.217. The third-order valence-electron chi connectivity index (χ3n) is 5.07. The third-order valence-corrected chi connectivity index (χ3v) is 7.21. The summed E-state index contributed by atoms with van der Waals surface area (Å²) in [5.74, 6) is -1.08. The highest BCUT2D eigenvalue weighted by molar-refractivity contribution is 8.01. The van der Waals surface area contributed by atoms with E-state index in [4.69, 9.17) is 5.73 Å². The summed E-state index contributed by atoms with van der Waals surface area (Å²) in [6.45, 7) is 2.32. The molecular formula is C23H22N4O3S2. The number of nitrogens with zero attached hydrogens (tertiary/aromatic N) is 2. The summed E-state index contributed by atoms with van der Waals surface area (Å²) in [5.41, 5.74) is 8.65.